The van der Waals surface area contributed by atoms with Gasteiger partial charge in [0.05, 0.1) is 0 Å². The molecule has 2 atom stereocenters. The van der Waals surface area contributed by atoms with E-state index in [4.69, 9.17) is 0 Å². The number of hydrogen-bond acceptors (Lipinski definition) is 0. The average Bonchev–Trinajstić information content (AvgIpc) is 1.79. The highest BCUT2D eigenvalue weighted by Crippen LogP contribution is 2.39. The first-order valence-corrected chi connectivity index (χ1v) is 3.89. The van der Waals surface area contributed by atoms with Gasteiger partial charge in [-0.15, -0.1) is 0 Å². The minimum atomic E-state index is -2.37. The Kier molecular flexibility index (Phi) is 1.97. The maximum Gasteiger partial charge on any atom is 0.248 e. The van der Waals surface area contributed by atoms with E-state index < -0.39 is 5.92 Å². The minimum Gasteiger partial charge on any atom is -0.207 e. The summed E-state index contributed by atoms with van der Waals surface area (Å²) in [5.41, 5.74) is 0. The van der Waals surface area contributed by atoms with Crippen LogP contribution in [0.15, 0.2) is 0 Å². The zero-order valence-corrected chi connectivity index (χ0v) is 6.53. The number of halogens is 2. The van der Waals surface area contributed by atoms with Crippen molar-refractivity contribution in [1.29, 1.82) is 0 Å². The third kappa shape index (κ3) is 1.68. The summed E-state index contributed by atoms with van der Waals surface area (Å²) in [6.07, 6.45) is 0.876. The molecule has 0 bridgehead atoms. The highest BCUT2D eigenvalue weighted by molar-refractivity contribution is 4.79. The van der Waals surface area contributed by atoms with Crippen LogP contribution in [0.5, 0.6) is 0 Å². The third-order valence-corrected chi connectivity index (χ3v) is 2.56. The lowest BCUT2D eigenvalue weighted by Gasteiger charge is -2.31. The maximum absolute atomic E-state index is 12.6. The molecule has 0 radical (unpaired) electrons. The van der Waals surface area contributed by atoms with Crippen LogP contribution in [-0.2, 0) is 0 Å². The second-order valence-corrected chi connectivity index (χ2v) is 3.55. The first-order chi connectivity index (χ1) is 4.51. The topological polar surface area (TPSA) is 0 Å². The molecule has 60 valence electrons. The van der Waals surface area contributed by atoms with Crippen molar-refractivity contribution >= 4 is 0 Å². The molecule has 1 rings (SSSR count). The molecule has 0 saturated heterocycles. The zero-order valence-electron chi connectivity index (χ0n) is 6.53. The predicted molar refractivity (Wildman–Crippen MR) is 37.1 cm³/mol. The van der Waals surface area contributed by atoms with Gasteiger partial charge in [-0.3, -0.25) is 0 Å². The van der Waals surface area contributed by atoms with Crippen molar-refractivity contribution in [2.24, 2.45) is 11.8 Å². The molecule has 0 aromatic heterocycles. The molecule has 0 spiro atoms. The lowest BCUT2D eigenvalue weighted by molar-refractivity contribution is -0.0632. The van der Waals surface area contributed by atoms with Crippen LogP contribution in [0.1, 0.15) is 33.1 Å². The normalized spacial score (nSPS) is 39.6. The Morgan fingerprint density at radius 2 is 1.80 bits per heavy atom. The molecule has 0 nitrogen and oxygen atoms in total. The Morgan fingerprint density at radius 1 is 1.20 bits per heavy atom. The van der Waals surface area contributed by atoms with Crippen LogP contribution < -0.4 is 0 Å². The van der Waals surface area contributed by atoms with Crippen LogP contribution in [0.25, 0.3) is 0 Å². The van der Waals surface area contributed by atoms with Gasteiger partial charge < -0.3 is 0 Å². The largest absolute Gasteiger partial charge is 0.248 e. The molecule has 1 aliphatic rings. The number of alkyl halides is 2. The third-order valence-electron chi connectivity index (χ3n) is 2.56. The van der Waals surface area contributed by atoms with Crippen LogP contribution in [0.2, 0.25) is 0 Å². The first kappa shape index (κ1) is 7.96. The lowest BCUT2D eigenvalue weighted by atomic mass is 9.80. The fourth-order valence-corrected chi connectivity index (χ4v) is 1.50. The summed E-state index contributed by atoms with van der Waals surface area (Å²) in [5, 5.41) is 0. The fourth-order valence-electron chi connectivity index (χ4n) is 1.50. The average molecular weight is 148 g/mol. The monoisotopic (exact) mass is 148 g/mol. The summed E-state index contributed by atoms with van der Waals surface area (Å²) < 4.78 is 25.3. The summed E-state index contributed by atoms with van der Waals surface area (Å²) >= 11 is 0. The Balaban J connectivity index is 2.49. The summed E-state index contributed by atoms with van der Waals surface area (Å²) in [5.74, 6) is -1.69. The summed E-state index contributed by atoms with van der Waals surface area (Å²) in [6.45, 7) is 3.97. The van der Waals surface area contributed by atoms with Gasteiger partial charge in [-0.1, -0.05) is 13.8 Å². The smallest absolute Gasteiger partial charge is 0.207 e. The zero-order chi connectivity index (χ0) is 7.78. The number of hydrogen-bond donors (Lipinski definition) is 0. The van der Waals surface area contributed by atoms with Gasteiger partial charge in [-0.25, -0.2) is 8.78 Å². The van der Waals surface area contributed by atoms with Crippen molar-refractivity contribution in [3.63, 3.8) is 0 Å². The minimum absolute atomic E-state index is 0.0914. The molecule has 10 heavy (non-hydrogen) atoms. The standard InChI is InChI=1S/C8H14F2/c1-6-3-4-8(9,10)5-7(6)2/h6-7H,3-5H2,1-2H3. The molecule has 1 saturated carbocycles. The predicted octanol–water partition coefficient (Wildman–Crippen LogP) is 3.08. The summed E-state index contributed by atoms with van der Waals surface area (Å²) in [6, 6.07) is 0. The van der Waals surface area contributed by atoms with Crippen molar-refractivity contribution in [3.8, 4) is 0 Å². The molecule has 0 aromatic carbocycles. The van der Waals surface area contributed by atoms with Gasteiger partial charge in [-0.05, 0) is 18.3 Å². The van der Waals surface area contributed by atoms with Crippen molar-refractivity contribution < 1.29 is 8.78 Å². The first-order valence-electron chi connectivity index (χ1n) is 3.89. The van der Waals surface area contributed by atoms with Gasteiger partial charge in [0.25, 0.3) is 0 Å². The van der Waals surface area contributed by atoms with E-state index in [0.717, 1.165) is 0 Å². The second-order valence-electron chi connectivity index (χ2n) is 3.55. The Morgan fingerprint density at radius 3 is 2.20 bits per heavy atom. The fraction of sp³-hybridized carbons (Fsp3) is 1.00. The van der Waals surface area contributed by atoms with Gasteiger partial charge in [-0.2, -0.15) is 0 Å². The van der Waals surface area contributed by atoms with Crippen LogP contribution in [0.3, 0.4) is 0 Å². The van der Waals surface area contributed by atoms with Gasteiger partial charge in [0, 0.05) is 12.8 Å². The van der Waals surface area contributed by atoms with Crippen molar-refractivity contribution in [2.45, 2.75) is 39.0 Å². The highest BCUT2D eigenvalue weighted by atomic mass is 19.3. The molecule has 2 unspecified atom stereocenters. The van der Waals surface area contributed by atoms with E-state index >= 15 is 0 Å². The van der Waals surface area contributed by atoms with E-state index in [2.05, 4.69) is 6.92 Å². The number of rotatable bonds is 0. The van der Waals surface area contributed by atoms with Gasteiger partial charge in [0.1, 0.15) is 0 Å². The van der Waals surface area contributed by atoms with Crippen molar-refractivity contribution in [1.82, 2.24) is 0 Å². The van der Waals surface area contributed by atoms with Crippen LogP contribution >= 0.6 is 0 Å². The van der Waals surface area contributed by atoms with Crippen molar-refractivity contribution in [3.05, 3.63) is 0 Å². The lowest BCUT2D eigenvalue weighted by Crippen LogP contribution is -2.29. The molecule has 0 aliphatic heterocycles. The quantitative estimate of drug-likeness (QED) is 0.495. The second kappa shape index (κ2) is 2.48. The van der Waals surface area contributed by atoms with Gasteiger partial charge in [0.15, 0.2) is 0 Å². The van der Waals surface area contributed by atoms with E-state index in [1.807, 2.05) is 6.92 Å². The molecule has 1 aliphatic carbocycles. The van der Waals surface area contributed by atoms with Crippen LogP contribution in [-0.4, -0.2) is 5.92 Å². The van der Waals surface area contributed by atoms with Crippen molar-refractivity contribution in [2.75, 3.05) is 0 Å². The van der Waals surface area contributed by atoms with Gasteiger partial charge >= 0.3 is 0 Å². The van der Waals surface area contributed by atoms with E-state index in [9.17, 15) is 8.78 Å². The van der Waals surface area contributed by atoms with E-state index in [1.54, 1.807) is 0 Å². The Hall–Kier alpha value is -0.140. The molecule has 0 amide bonds. The maximum atomic E-state index is 12.6. The molecular formula is C8H14F2. The van der Waals surface area contributed by atoms with E-state index in [1.165, 1.54) is 0 Å². The van der Waals surface area contributed by atoms with Crippen LogP contribution in [0, 0.1) is 11.8 Å². The molecule has 0 aromatic rings. The molecule has 1 fully saturated rings. The van der Waals surface area contributed by atoms with E-state index in [-0.39, 0.29) is 18.8 Å². The molecule has 0 N–H and O–H groups in total. The van der Waals surface area contributed by atoms with Gasteiger partial charge in [0.2, 0.25) is 5.92 Å². The molecular weight excluding hydrogens is 134 g/mol. The Labute approximate surface area is 60.6 Å². The van der Waals surface area contributed by atoms with E-state index in [0.29, 0.717) is 12.3 Å². The Bertz CT molecular complexity index is 120. The summed E-state index contributed by atoms with van der Waals surface area (Å²) in [4.78, 5) is 0. The SMILES string of the molecule is CC1CCC(F)(F)CC1C. The highest BCUT2D eigenvalue weighted by Gasteiger charge is 2.37. The van der Waals surface area contributed by atoms with Crippen LogP contribution in [0.4, 0.5) is 8.78 Å². The molecule has 2 heteroatoms. The molecule has 0 heterocycles. The summed E-state index contributed by atoms with van der Waals surface area (Å²) in [7, 11) is 0.